The number of aryl methyl sites for hydroxylation is 1. The Hall–Kier alpha value is -1.62. The molecule has 0 unspecified atom stereocenters. The highest BCUT2D eigenvalue weighted by atomic mass is 79.9. The lowest BCUT2D eigenvalue weighted by molar-refractivity contribution is 0.0603. The van der Waals surface area contributed by atoms with Gasteiger partial charge in [-0.2, -0.15) is 0 Å². The molecule has 2 rings (SSSR count). The monoisotopic (exact) mass is 295 g/mol. The minimum Gasteiger partial charge on any atom is -0.465 e. The summed E-state index contributed by atoms with van der Waals surface area (Å²) in [5.41, 5.74) is 1.53. The maximum atomic E-state index is 11.6. The number of rotatable bonds is 1. The van der Waals surface area contributed by atoms with Gasteiger partial charge >= 0.3 is 5.97 Å². The molecule has 0 bridgehead atoms. The Morgan fingerprint density at radius 2 is 2.06 bits per heavy atom. The van der Waals surface area contributed by atoms with Crippen LogP contribution in [0, 0.1) is 6.92 Å². The second kappa shape index (κ2) is 4.33. The molecule has 0 saturated carbocycles. The van der Waals surface area contributed by atoms with Gasteiger partial charge in [-0.15, -0.1) is 0 Å². The van der Waals surface area contributed by atoms with Gasteiger partial charge < -0.3 is 9.72 Å². The van der Waals surface area contributed by atoms with E-state index >= 15 is 0 Å². The quantitative estimate of drug-likeness (QED) is 0.822. The van der Waals surface area contributed by atoms with Crippen molar-refractivity contribution in [3.05, 3.63) is 44.2 Å². The highest BCUT2D eigenvalue weighted by Crippen LogP contribution is 2.25. The van der Waals surface area contributed by atoms with Crippen molar-refractivity contribution in [3.63, 3.8) is 0 Å². The van der Waals surface area contributed by atoms with Crippen LogP contribution in [0.15, 0.2) is 27.5 Å². The summed E-state index contributed by atoms with van der Waals surface area (Å²) in [5.74, 6) is -0.515. The lowest BCUT2D eigenvalue weighted by Gasteiger charge is -2.07. The second-order valence-electron chi connectivity index (χ2n) is 3.71. The molecular weight excluding hydrogens is 286 g/mol. The number of hydrogen-bond donors (Lipinski definition) is 1. The van der Waals surface area contributed by atoms with Crippen LogP contribution in [0.3, 0.4) is 0 Å². The Balaban J connectivity index is 2.92. The number of fused-ring (bicyclic) bond motifs is 1. The Kier molecular flexibility index (Phi) is 3.02. The Morgan fingerprint density at radius 3 is 2.71 bits per heavy atom. The molecule has 0 spiro atoms. The number of carbonyl (C=O) groups is 1. The molecule has 0 saturated heterocycles. The first kappa shape index (κ1) is 11.9. The summed E-state index contributed by atoms with van der Waals surface area (Å²) in [6, 6.07) is 4.96. The average molecular weight is 296 g/mol. The molecular formula is C12H10BrNO3. The van der Waals surface area contributed by atoms with Crippen LogP contribution in [0.2, 0.25) is 0 Å². The van der Waals surface area contributed by atoms with E-state index in [1.165, 1.54) is 13.2 Å². The fourth-order valence-electron chi connectivity index (χ4n) is 1.73. The number of halogens is 1. The number of ether oxygens (including phenoxy) is 1. The van der Waals surface area contributed by atoms with Crippen LogP contribution in [-0.2, 0) is 4.74 Å². The van der Waals surface area contributed by atoms with Gasteiger partial charge in [-0.05, 0) is 40.5 Å². The van der Waals surface area contributed by atoms with Crippen molar-refractivity contribution in [1.82, 2.24) is 4.98 Å². The zero-order valence-electron chi connectivity index (χ0n) is 9.33. The number of aromatic nitrogens is 1. The standard InChI is InChI=1S/C12H10BrNO3/c1-6-3-7-8(12(16)17-2)5-10(15)14-11(7)9(13)4-6/h3-5H,1-2H3,(H,14,15). The van der Waals surface area contributed by atoms with Crippen LogP contribution in [0.25, 0.3) is 10.9 Å². The van der Waals surface area contributed by atoms with Crippen molar-refractivity contribution in [2.75, 3.05) is 7.11 Å². The number of carbonyl (C=O) groups excluding carboxylic acids is 1. The number of H-pyrrole nitrogens is 1. The number of pyridine rings is 1. The molecule has 1 heterocycles. The van der Waals surface area contributed by atoms with E-state index in [0.717, 1.165) is 10.0 Å². The first-order valence-electron chi connectivity index (χ1n) is 4.94. The zero-order chi connectivity index (χ0) is 12.6. The van der Waals surface area contributed by atoms with E-state index in [0.29, 0.717) is 10.9 Å². The van der Waals surface area contributed by atoms with E-state index in [1.807, 2.05) is 19.1 Å². The van der Waals surface area contributed by atoms with Crippen molar-refractivity contribution in [2.45, 2.75) is 6.92 Å². The third-order valence-corrected chi connectivity index (χ3v) is 3.08. The fourth-order valence-corrected chi connectivity index (χ4v) is 2.40. The van der Waals surface area contributed by atoms with Crippen LogP contribution < -0.4 is 5.56 Å². The van der Waals surface area contributed by atoms with Crippen LogP contribution in [0.4, 0.5) is 0 Å². The number of benzene rings is 1. The minimum atomic E-state index is -0.515. The van der Waals surface area contributed by atoms with Crippen LogP contribution >= 0.6 is 15.9 Å². The van der Waals surface area contributed by atoms with E-state index in [1.54, 1.807) is 0 Å². The highest BCUT2D eigenvalue weighted by molar-refractivity contribution is 9.10. The maximum absolute atomic E-state index is 11.6. The lowest BCUT2D eigenvalue weighted by atomic mass is 10.1. The zero-order valence-corrected chi connectivity index (χ0v) is 10.9. The van der Waals surface area contributed by atoms with E-state index in [9.17, 15) is 9.59 Å². The van der Waals surface area contributed by atoms with E-state index in [2.05, 4.69) is 25.7 Å². The molecule has 0 aliphatic heterocycles. The van der Waals surface area contributed by atoms with Gasteiger partial charge in [0, 0.05) is 15.9 Å². The number of methoxy groups -OCH3 is 1. The van der Waals surface area contributed by atoms with Gasteiger partial charge in [0.05, 0.1) is 18.2 Å². The molecule has 4 nitrogen and oxygen atoms in total. The summed E-state index contributed by atoms with van der Waals surface area (Å²) in [6.07, 6.45) is 0. The molecule has 0 atom stereocenters. The van der Waals surface area contributed by atoms with Crippen LogP contribution in [0.1, 0.15) is 15.9 Å². The molecule has 5 heteroatoms. The van der Waals surface area contributed by atoms with E-state index in [4.69, 9.17) is 0 Å². The molecule has 1 N–H and O–H groups in total. The molecule has 2 aromatic rings. The smallest absolute Gasteiger partial charge is 0.338 e. The number of nitrogens with one attached hydrogen (secondary N) is 1. The van der Waals surface area contributed by atoms with Gasteiger partial charge in [0.2, 0.25) is 5.56 Å². The predicted molar refractivity (Wildman–Crippen MR) is 68.3 cm³/mol. The summed E-state index contributed by atoms with van der Waals surface area (Å²) in [6.45, 7) is 1.91. The first-order chi connectivity index (χ1) is 8.02. The normalized spacial score (nSPS) is 10.5. The van der Waals surface area contributed by atoms with Gasteiger partial charge in [-0.3, -0.25) is 4.79 Å². The molecule has 88 valence electrons. The average Bonchev–Trinajstić information content (AvgIpc) is 2.28. The molecule has 17 heavy (non-hydrogen) atoms. The molecule has 0 fully saturated rings. The summed E-state index contributed by atoms with van der Waals surface area (Å²) < 4.78 is 5.42. The van der Waals surface area contributed by atoms with E-state index < -0.39 is 5.97 Å². The Labute approximate surface area is 106 Å². The van der Waals surface area contributed by atoms with Gasteiger partial charge in [-0.25, -0.2) is 4.79 Å². The number of aromatic amines is 1. The van der Waals surface area contributed by atoms with Crippen molar-refractivity contribution in [1.29, 1.82) is 0 Å². The van der Waals surface area contributed by atoms with Crippen LogP contribution in [-0.4, -0.2) is 18.1 Å². The first-order valence-corrected chi connectivity index (χ1v) is 5.73. The van der Waals surface area contributed by atoms with Gasteiger partial charge in [0.25, 0.3) is 0 Å². The van der Waals surface area contributed by atoms with Gasteiger partial charge in [0.1, 0.15) is 0 Å². The van der Waals surface area contributed by atoms with Crippen molar-refractivity contribution in [3.8, 4) is 0 Å². The maximum Gasteiger partial charge on any atom is 0.338 e. The molecule has 0 amide bonds. The molecule has 0 aliphatic carbocycles. The molecule has 1 aromatic heterocycles. The van der Waals surface area contributed by atoms with Crippen molar-refractivity contribution in [2.24, 2.45) is 0 Å². The van der Waals surface area contributed by atoms with E-state index in [-0.39, 0.29) is 11.1 Å². The molecule has 1 aromatic carbocycles. The molecule has 0 aliphatic rings. The Morgan fingerprint density at radius 1 is 1.35 bits per heavy atom. The third-order valence-electron chi connectivity index (χ3n) is 2.45. The summed E-state index contributed by atoms with van der Waals surface area (Å²) in [4.78, 5) is 25.8. The molecule has 0 radical (unpaired) electrons. The largest absolute Gasteiger partial charge is 0.465 e. The lowest BCUT2D eigenvalue weighted by Crippen LogP contribution is -2.12. The SMILES string of the molecule is COC(=O)c1cc(=O)[nH]c2c(Br)cc(C)cc12. The highest BCUT2D eigenvalue weighted by Gasteiger charge is 2.13. The number of esters is 1. The number of hydrogen-bond acceptors (Lipinski definition) is 3. The summed E-state index contributed by atoms with van der Waals surface area (Å²) in [7, 11) is 1.29. The summed E-state index contributed by atoms with van der Waals surface area (Å²) in [5, 5.41) is 0.670. The van der Waals surface area contributed by atoms with Crippen molar-refractivity contribution >= 4 is 32.8 Å². The summed E-state index contributed by atoms with van der Waals surface area (Å²) >= 11 is 3.36. The minimum absolute atomic E-state index is 0.274. The third kappa shape index (κ3) is 2.10. The predicted octanol–water partition coefficient (Wildman–Crippen LogP) is 2.39. The topological polar surface area (TPSA) is 59.2 Å². The van der Waals surface area contributed by atoms with Crippen molar-refractivity contribution < 1.29 is 9.53 Å². The fraction of sp³-hybridized carbons (Fsp3) is 0.167. The van der Waals surface area contributed by atoms with Crippen LogP contribution in [0.5, 0.6) is 0 Å². The van der Waals surface area contributed by atoms with Gasteiger partial charge in [0.15, 0.2) is 0 Å². The Bertz CT molecular complexity index is 661. The second-order valence-corrected chi connectivity index (χ2v) is 4.56. The van der Waals surface area contributed by atoms with Gasteiger partial charge in [-0.1, -0.05) is 0 Å².